The summed E-state index contributed by atoms with van der Waals surface area (Å²) in [4.78, 5) is 9.27. The van der Waals surface area contributed by atoms with Crippen LogP contribution in [0.1, 0.15) is 65.0 Å². The molecule has 0 atom stereocenters. The van der Waals surface area contributed by atoms with Gasteiger partial charge in [0.2, 0.25) is 0 Å². The average Bonchev–Trinajstić information content (AvgIpc) is 2.86. The minimum Gasteiger partial charge on any atom is -0.348 e. The van der Waals surface area contributed by atoms with Gasteiger partial charge in [0.25, 0.3) is 0 Å². The van der Waals surface area contributed by atoms with E-state index < -0.39 is 0 Å². The van der Waals surface area contributed by atoms with Gasteiger partial charge >= 0.3 is 0 Å². The monoisotopic (exact) mass is 498 g/mol. The van der Waals surface area contributed by atoms with E-state index in [2.05, 4.69) is 131 Å². The number of benzene rings is 2. The van der Waals surface area contributed by atoms with Gasteiger partial charge < -0.3 is 4.90 Å². The smallest absolute Gasteiger partial charge is 0.0435 e. The predicted octanol–water partition coefficient (Wildman–Crippen LogP) is 9.44. The molecule has 0 N–H and O–H groups in total. The van der Waals surface area contributed by atoms with Crippen LogP contribution in [-0.4, -0.2) is 19.8 Å². The molecular weight excluding hydrogens is 456 g/mol. The molecular formula is C33H42N2S. The van der Waals surface area contributed by atoms with Gasteiger partial charge in [0.05, 0.1) is 0 Å². The van der Waals surface area contributed by atoms with E-state index >= 15 is 0 Å². The largest absolute Gasteiger partial charge is 0.348 e. The lowest BCUT2D eigenvalue weighted by Crippen LogP contribution is -2.15. The molecule has 0 saturated carbocycles. The summed E-state index contributed by atoms with van der Waals surface area (Å²) in [5, 5.41) is 0. The molecule has 0 aliphatic heterocycles. The van der Waals surface area contributed by atoms with Crippen LogP contribution in [0.4, 0.5) is 5.69 Å². The lowest BCUT2D eigenvalue weighted by Gasteiger charge is -2.24. The van der Waals surface area contributed by atoms with Gasteiger partial charge in [0.15, 0.2) is 0 Å². The van der Waals surface area contributed by atoms with E-state index in [1.54, 1.807) is 0 Å². The lowest BCUT2D eigenvalue weighted by atomic mass is 9.87. The normalized spacial score (nSPS) is 16.8. The fourth-order valence-electron chi connectivity index (χ4n) is 4.25. The van der Waals surface area contributed by atoms with E-state index in [-0.39, 0.29) is 5.41 Å². The molecule has 0 radical (unpaired) electrons. The van der Waals surface area contributed by atoms with E-state index in [4.69, 9.17) is 0 Å². The van der Waals surface area contributed by atoms with Crippen LogP contribution >= 0.6 is 11.8 Å². The van der Waals surface area contributed by atoms with Crippen LogP contribution in [0.5, 0.6) is 0 Å². The second-order valence-electron chi connectivity index (χ2n) is 10.6. The number of aliphatic imine (C=N–C) groups is 1. The van der Waals surface area contributed by atoms with Crippen molar-refractivity contribution < 1.29 is 0 Å². The van der Waals surface area contributed by atoms with Crippen LogP contribution in [0.2, 0.25) is 0 Å². The number of para-hydroxylation sites is 1. The van der Waals surface area contributed by atoms with Crippen LogP contribution < -0.4 is 4.90 Å². The highest BCUT2D eigenvalue weighted by Crippen LogP contribution is 2.42. The molecule has 0 heterocycles. The first kappa shape index (κ1) is 27.8. The fraction of sp³-hybridized carbons (Fsp3) is 0.364. The van der Waals surface area contributed by atoms with E-state index in [1.807, 2.05) is 18.8 Å². The summed E-state index contributed by atoms with van der Waals surface area (Å²) < 4.78 is 0. The summed E-state index contributed by atoms with van der Waals surface area (Å²) >= 11 is 1.90. The number of allylic oxidation sites excluding steroid dienone is 7. The minimum atomic E-state index is 0.161. The Labute approximate surface area is 223 Å². The molecule has 0 saturated heterocycles. The van der Waals surface area contributed by atoms with Crippen molar-refractivity contribution in [2.75, 3.05) is 19.0 Å². The molecule has 3 rings (SSSR count). The highest BCUT2D eigenvalue weighted by Gasteiger charge is 2.18. The van der Waals surface area contributed by atoms with Crippen LogP contribution in [-0.2, 0) is 5.41 Å². The van der Waals surface area contributed by atoms with Crippen molar-refractivity contribution in [3.05, 3.63) is 106 Å². The summed E-state index contributed by atoms with van der Waals surface area (Å²) in [6, 6.07) is 17.7. The molecule has 0 bridgehead atoms. The Morgan fingerprint density at radius 3 is 2.33 bits per heavy atom. The molecule has 2 aromatic rings. The van der Waals surface area contributed by atoms with Crippen molar-refractivity contribution in [1.29, 1.82) is 0 Å². The zero-order valence-corrected chi connectivity index (χ0v) is 24.2. The number of hydrogen-bond donors (Lipinski definition) is 0. The minimum absolute atomic E-state index is 0.161. The van der Waals surface area contributed by atoms with Crippen molar-refractivity contribution >= 4 is 23.2 Å². The summed E-state index contributed by atoms with van der Waals surface area (Å²) in [7, 11) is 4.00. The summed E-state index contributed by atoms with van der Waals surface area (Å²) in [5.41, 5.74) is 9.15. The van der Waals surface area contributed by atoms with Gasteiger partial charge in [-0.25, -0.2) is 0 Å². The van der Waals surface area contributed by atoms with Crippen molar-refractivity contribution in [1.82, 2.24) is 0 Å². The number of hydrogen-bond acceptors (Lipinski definition) is 3. The highest BCUT2D eigenvalue weighted by atomic mass is 32.2. The molecule has 2 aromatic carbocycles. The third-order valence-corrected chi connectivity index (χ3v) is 8.06. The molecule has 36 heavy (non-hydrogen) atoms. The standard InChI is InChI=1S/C33H42N2S/c1-24-12-9-10-15-31(24)35(8)26(3)17-19-28-14-11-13-27(18-16-25(2)34-7)32(28)36-30-22-20-29(21-23-30)33(4,5)6/h9-10,12,15-23H,11,13-14H2,1-8H3/b18-16+,26-17+,28-19+,34-25?. The van der Waals surface area contributed by atoms with Crippen LogP contribution in [0, 0.1) is 6.92 Å². The summed E-state index contributed by atoms with van der Waals surface area (Å²) in [6.45, 7) is 13.2. The second kappa shape index (κ2) is 12.5. The average molecular weight is 499 g/mol. The Morgan fingerprint density at radius 1 is 1.00 bits per heavy atom. The maximum atomic E-state index is 4.32. The topological polar surface area (TPSA) is 15.6 Å². The van der Waals surface area contributed by atoms with Crippen LogP contribution in [0.25, 0.3) is 0 Å². The fourth-order valence-corrected chi connectivity index (χ4v) is 5.36. The van der Waals surface area contributed by atoms with Crippen molar-refractivity contribution in [3.8, 4) is 0 Å². The Kier molecular flexibility index (Phi) is 9.62. The number of nitrogens with zero attached hydrogens (tertiary/aromatic N) is 2. The second-order valence-corrected chi connectivity index (χ2v) is 11.7. The molecule has 3 heteroatoms. The Hall–Kier alpha value is -2.78. The van der Waals surface area contributed by atoms with E-state index in [0.717, 1.165) is 18.6 Å². The van der Waals surface area contributed by atoms with Gasteiger partial charge in [-0.05, 0) is 98.1 Å². The van der Waals surface area contributed by atoms with E-state index in [9.17, 15) is 0 Å². The van der Waals surface area contributed by atoms with Crippen LogP contribution in [0.3, 0.4) is 0 Å². The first-order valence-corrected chi connectivity index (χ1v) is 13.7. The number of aryl methyl sites for hydroxylation is 1. The molecule has 0 spiro atoms. The highest BCUT2D eigenvalue weighted by molar-refractivity contribution is 8.03. The van der Waals surface area contributed by atoms with Crippen molar-refractivity contribution in [3.63, 3.8) is 0 Å². The van der Waals surface area contributed by atoms with Gasteiger partial charge in [-0.2, -0.15) is 0 Å². The number of anilines is 1. The molecule has 0 aromatic heterocycles. The first-order valence-electron chi connectivity index (χ1n) is 12.9. The summed E-state index contributed by atoms with van der Waals surface area (Å²) in [6.07, 6.45) is 12.4. The lowest BCUT2D eigenvalue weighted by molar-refractivity contribution is 0.590. The number of thioether (sulfide) groups is 1. The van der Waals surface area contributed by atoms with Gasteiger partial charge in [-0.1, -0.05) is 75.0 Å². The molecule has 1 aliphatic carbocycles. The quantitative estimate of drug-likeness (QED) is 0.353. The van der Waals surface area contributed by atoms with E-state index in [0.29, 0.717) is 0 Å². The van der Waals surface area contributed by atoms with Crippen LogP contribution in [0.15, 0.2) is 104 Å². The molecule has 2 nitrogen and oxygen atoms in total. The predicted molar refractivity (Wildman–Crippen MR) is 161 cm³/mol. The third-order valence-electron chi connectivity index (χ3n) is 6.83. The Balaban J connectivity index is 1.97. The van der Waals surface area contributed by atoms with Crippen molar-refractivity contribution in [2.45, 2.75) is 71.1 Å². The third kappa shape index (κ3) is 7.36. The van der Waals surface area contributed by atoms with Gasteiger partial charge in [-0.3, -0.25) is 4.99 Å². The molecule has 0 fully saturated rings. The molecule has 0 unspecified atom stereocenters. The number of rotatable bonds is 7. The Bertz CT molecular complexity index is 1200. The first-order chi connectivity index (χ1) is 17.1. The maximum absolute atomic E-state index is 4.32. The maximum Gasteiger partial charge on any atom is 0.0435 e. The summed E-state index contributed by atoms with van der Waals surface area (Å²) in [5.74, 6) is 0. The Morgan fingerprint density at radius 2 is 1.69 bits per heavy atom. The van der Waals surface area contributed by atoms with Gasteiger partial charge in [0.1, 0.15) is 0 Å². The zero-order chi connectivity index (χ0) is 26.3. The van der Waals surface area contributed by atoms with Gasteiger partial charge in [0, 0.05) is 41.0 Å². The van der Waals surface area contributed by atoms with Gasteiger partial charge in [-0.15, -0.1) is 0 Å². The van der Waals surface area contributed by atoms with E-state index in [1.165, 1.54) is 49.9 Å². The molecule has 0 amide bonds. The molecule has 190 valence electrons. The van der Waals surface area contributed by atoms with Crippen molar-refractivity contribution in [2.24, 2.45) is 4.99 Å². The SMILES string of the molecule is CN=C(C)/C=C/C1=C(Sc2ccc(C(C)(C)C)cc2)C(=C/C=C(\C)N(C)c2ccccc2C)/CCC1. The zero-order valence-electron chi connectivity index (χ0n) is 23.4. The molecule has 1 aliphatic rings.